The Labute approximate surface area is 144 Å². The standard InChI is InChI=1S/C17H26N2O4S/c1-14-7-9-15(10-8-14)19(24(2,21)22)11-3-6-17(20)18-13-16-5-4-12-23-16/h7-10,16H,3-6,11-13H2,1-2H3,(H,18,20)/t16-/m1/s1. The molecule has 0 unspecified atom stereocenters. The summed E-state index contributed by atoms with van der Waals surface area (Å²) in [6.07, 6.45) is 4.09. The first kappa shape index (κ1) is 18.7. The highest BCUT2D eigenvalue weighted by Gasteiger charge is 2.18. The summed E-state index contributed by atoms with van der Waals surface area (Å²) < 4.78 is 30.8. The first-order valence-electron chi connectivity index (χ1n) is 8.29. The largest absolute Gasteiger partial charge is 0.376 e. The third-order valence-electron chi connectivity index (χ3n) is 4.04. The minimum absolute atomic E-state index is 0.0668. The van der Waals surface area contributed by atoms with Crippen molar-refractivity contribution < 1.29 is 17.9 Å². The number of ether oxygens (including phenoxy) is 1. The Kier molecular flexibility index (Phi) is 6.62. The minimum atomic E-state index is -3.37. The Balaban J connectivity index is 1.82. The van der Waals surface area contributed by atoms with Crippen LogP contribution in [0, 0.1) is 6.92 Å². The third kappa shape index (κ3) is 5.79. The molecule has 0 spiro atoms. The third-order valence-corrected chi connectivity index (χ3v) is 5.23. The highest BCUT2D eigenvalue weighted by molar-refractivity contribution is 7.92. The van der Waals surface area contributed by atoms with Crippen molar-refractivity contribution in [2.75, 3.05) is 30.3 Å². The summed E-state index contributed by atoms with van der Waals surface area (Å²) in [5.41, 5.74) is 1.70. The zero-order valence-electron chi connectivity index (χ0n) is 14.3. The lowest BCUT2D eigenvalue weighted by Gasteiger charge is -2.22. The number of benzene rings is 1. The Morgan fingerprint density at radius 1 is 1.33 bits per heavy atom. The summed E-state index contributed by atoms with van der Waals surface area (Å²) in [5, 5.41) is 2.85. The van der Waals surface area contributed by atoms with E-state index in [1.54, 1.807) is 12.1 Å². The highest BCUT2D eigenvalue weighted by atomic mass is 32.2. The average Bonchev–Trinajstić information content (AvgIpc) is 3.03. The van der Waals surface area contributed by atoms with Crippen molar-refractivity contribution in [3.8, 4) is 0 Å². The van der Waals surface area contributed by atoms with Crippen molar-refractivity contribution in [3.05, 3.63) is 29.8 Å². The molecule has 1 N–H and O–H groups in total. The Morgan fingerprint density at radius 2 is 2.04 bits per heavy atom. The summed E-state index contributed by atoms with van der Waals surface area (Å²) in [7, 11) is -3.37. The number of aryl methyl sites for hydroxylation is 1. The zero-order chi connectivity index (χ0) is 17.6. The molecule has 0 saturated carbocycles. The number of nitrogens with one attached hydrogen (secondary N) is 1. The molecule has 0 aliphatic carbocycles. The monoisotopic (exact) mass is 354 g/mol. The summed E-state index contributed by atoms with van der Waals surface area (Å²) in [4.78, 5) is 11.9. The molecule has 1 aliphatic heterocycles. The van der Waals surface area contributed by atoms with Gasteiger partial charge in [0.1, 0.15) is 0 Å². The zero-order valence-corrected chi connectivity index (χ0v) is 15.1. The van der Waals surface area contributed by atoms with Gasteiger partial charge in [-0.15, -0.1) is 0 Å². The molecular formula is C17H26N2O4S. The van der Waals surface area contributed by atoms with Crippen LogP contribution >= 0.6 is 0 Å². The average molecular weight is 354 g/mol. The van der Waals surface area contributed by atoms with Gasteiger partial charge in [0.25, 0.3) is 0 Å². The van der Waals surface area contributed by atoms with Crippen LogP contribution in [0.3, 0.4) is 0 Å². The second-order valence-electron chi connectivity index (χ2n) is 6.21. The van der Waals surface area contributed by atoms with Crippen LogP contribution in [0.5, 0.6) is 0 Å². The van der Waals surface area contributed by atoms with Crippen LogP contribution in [0.1, 0.15) is 31.2 Å². The smallest absolute Gasteiger partial charge is 0.232 e. The van der Waals surface area contributed by atoms with Gasteiger partial charge in [0.15, 0.2) is 0 Å². The number of nitrogens with zero attached hydrogens (tertiary/aromatic N) is 1. The fourth-order valence-corrected chi connectivity index (χ4v) is 3.67. The number of sulfonamides is 1. The fraction of sp³-hybridized carbons (Fsp3) is 0.588. The van der Waals surface area contributed by atoms with E-state index in [4.69, 9.17) is 4.74 Å². The van der Waals surface area contributed by atoms with Crippen LogP contribution in [-0.4, -0.2) is 46.4 Å². The van der Waals surface area contributed by atoms with Crippen molar-refractivity contribution in [2.24, 2.45) is 0 Å². The summed E-state index contributed by atoms with van der Waals surface area (Å²) in [6, 6.07) is 7.32. The molecule has 0 radical (unpaired) electrons. The van der Waals surface area contributed by atoms with E-state index in [2.05, 4.69) is 5.32 Å². The van der Waals surface area contributed by atoms with E-state index in [-0.39, 0.29) is 18.6 Å². The van der Waals surface area contributed by atoms with Gasteiger partial charge in [0, 0.05) is 26.1 Å². The van der Waals surface area contributed by atoms with Crippen LogP contribution in [0.25, 0.3) is 0 Å². The number of rotatable bonds is 8. The minimum Gasteiger partial charge on any atom is -0.376 e. The van der Waals surface area contributed by atoms with Crippen molar-refractivity contribution in [2.45, 2.75) is 38.7 Å². The quantitative estimate of drug-likeness (QED) is 0.773. The molecule has 1 aliphatic rings. The van der Waals surface area contributed by atoms with Crippen LogP contribution in [0.15, 0.2) is 24.3 Å². The molecule has 1 atom stereocenters. The molecule has 1 saturated heterocycles. The van der Waals surface area contributed by atoms with Crippen LogP contribution in [0.2, 0.25) is 0 Å². The van der Waals surface area contributed by atoms with Crippen molar-refractivity contribution >= 4 is 21.6 Å². The maximum Gasteiger partial charge on any atom is 0.232 e. The second kappa shape index (κ2) is 8.48. The first-order valence-corrected chi connectivity index (χ1v) is 10.1. The van der Waals surface area contributed by atoms with E-state index in [0.717, 1.165) is 25.0 Å². The number of anilines is 1. The summed E-state index contributed by atoms with van der Waals surface area (Å²) in [6.45, 7) is 3.54. The number of amides is 1. The molecule has 0 bridgehead atoms. The molecule has 1 amide bonds. The molecule has 1 heterocycles. The van der Waals surface area contributed by atoms with Gasteiger partial charge in [0.05, 0.1) is 18.0 Å². The number of hydrogen-bond donors (Lipinski definition) is 1. The molecule has 2 rings (SSSR count). The molecule has 6 nitrogen and oxygen atoms in total. The Morgan fingerprint density at radius 3 is 2.62 bits per heavy atom. The Hall–Kier alpha value is -1.60. The predicted octanol–water partition coefficient (Wildman–Crippen LogP) is 1.84. The fourth-order valence-electron chi connectivity index (χ4n) is 2.70. The van der Waals surface area contributed by atoms with Gasteiger partial charge in [-0.1, -0.05) is 17.7 Å². The normalized spacial score (nSPS) is 17.7. The lowest BCUT2D eigenvalue weighted by atomic mass is 10.2. The van der Waals surface area contributed by atoms with Gasteiger partial charge in [-0.3, -0.25) is 9.10 Å². The Bertz CT molecular complexity index is 637. The number of hydrogen-bond acceptors (Lipinski definition) is 4. The van der Waals surface area contributed by atoms with E-state index >= 15 is 0 Å². The predicted molar refractivity (Wildman–Crippen MR) is 94.6 cm³/mol. The van der Waals surface area contributed by atoms with Crippen molar-refractivity contribution in [1.82, 2.24) is 5.32 Å². The maximum absolute atomic E-state index is 12.0. The van der Waals surface area contributed by atoms with Gasteiger partial charge in [-0.2, -0.15) is 0 Å². The lowest BCUT2D eigenvalue weighted by molar-refractivity contribution is -0.121. The van der Waals surface area contributed by atoms with E-state index in [1.807, 2.05) is 19.1 Å². The topological polar surface area (TPSA) is 75.7 Å². The van der Waals surface area contributed by atoms with Crippen molar-refractivity contribution in [3.63, 3.8) is 0 Å². The van der Waals surface area contributed by atoms with E-state index in [0.29, 0.717) is 25.1 Å². The van der Waals surface area contributed by atoms with E-state index in [9.17, 15) is 13.2 Å². The summed E-state index contributed by atoms with van der Waals surface area (Å²) in [5.74, 6) is -0.0668. The van der Waals surface area contributed by atoms with Gasteiger partial charge >= 0.3 is 0 Å². The van der Waals surface area contributed by atoms with Crippen molar-refractivity contribution in [1.29, 1.82) is 0 Å². The molecule has 7 heteroatoms. The second-order valence-corrected chi connectivity index (χ2v) is 8.12. The molecule has 134 valence electrons. The number of carbonyl (C=O) groups excluding carboxylic acids is 1. The van der Waals surface area contributed by atoms with Gasteiger partial charge < -0.3 is 10.1 Å². The first-order chi connectivity index (χ1) is 11.4. The SMILES string of the molecule is Cc1ccc(N(CCCC(=O)NC[C@H]2CCCO2)S(C)(=O)=O)cc1. The van der Waals surface area contributed by atoms with E-state index in [1.165, 1.54) is 10.6 Å². The molecule has 24 heavy (non-hydrogen) atoms. The maximum atomic E-state index is 12.0. The molecule has 1 aromatic carbocycles. The highest BCUT2D eigenvalue weighted by Crippen LogP contribution is 2.19. The van der Waals surface area contributed by atoms with Gasteiger partial charge in [-0.05, 0) is 38.3 Å². The number of carbonyl (C=O) groups is 1. The molecular weight excluding hydrogens is 328 g/mol. The molecule has 1 aromatic rings. The van der Waals surface area contributed by atoms with Crippen LogP contribution in [-0.2, 0) is 19.6 Å². The van der Waals surface area contributed by atoms with E-state index < -0.39 is 10.0 Å². The summed E-state index contributed by atoms with van der Waals surface area (Å²) >= 11 is 0. The van der Waals surface area contributed by atoms with Gasteiger partial charge in [-0.25, -0.2) is 8.42 Å². The van der Waals surface area contributed by atoms with Gasteiger partial charge in [0.2, 0.25) is 15.9 Å². The lowest BCUT2D eigenvalue weighted by Crippen LogP contribution is -2.34. The molecule has 0 aromatic heterocycles. The van der Waals surface area contributed by atoms with Crippen LogP contribution in [0.4, 0.5) is 5.69 Å². The van der Waals surface area contributed by atoms with Crippen LogP contribution < -0.4 is 9.62 Å². The molecule has 1 fully saturated rings.